The second-order valence-corrected chi connectivity index (χ2v) is 7.54. The van der Waals surface area contributed by atoms with Crippen LogP contribution in [0, 0.1) is 20.8 Å². The van der Waals surface area contributed by atoms with Gasteiger partial charge in [0, 0.05) is 43.1 Å². The molecule has 0 spiro atoms. The number of fused-ring (bicyclic) bond motifs is 1. The van der Waals surface area contributed by atoms with Gasteiger partial charge in [0.2, 0.25) is 5.91 Å². The Labute approximate surface area is 176 Å². The van der Waals surface area contributed by atoms with Gasteiger partial charge in [-0.2, -0.15) is 5.10 Å². The zero-order chi connectivity index (χ0) is 21.7. The molecule has 1 amide bonds. The fourth-order valence-electron chi connectivity index (χ4n) is 3.61. The van der Waals surface area contributed by atoms with Gasteiger partial charge in [0.05, 0.1) is 11.6 Å². The van der Waals surface area contributed by atoms with Crippen molar-refractivity contribution < 1.29 is 9.53 Å². The number of hydrogen-bond acceptors (Lipinski definition) is 4. The van der Waals surface area contributed by atoms with Crippen LogP contribution in [-0.2, 0) is 22.6 Å². The highest BCUT2D eigenvalue weighted by Crippen LogP contribution is 2.23. The lowest BCUT2D eigenvalue weighted by Gasteiger charge is -2.09. The van der Waals surface area contributed by atoms with Gasteiger partial charge in [-0.25, -0.2) is 4.68 Å². The van der Waals surface area contributed by atoms with Gasteiger partial charge in [0.1, 0.15) is 6.54 Å². The van der Waals surface area contributed by atoms with Crippen molar-refractivity contribution in [3.63, 3.8) is 0 Å². The number of carbonyl (C=O) groups excluding carboxylic acids is 1. The third-order valence-corrected chi connectivity index (χ3v) is 5.35. The van der Waals surface area contributed by atoms with Crippen molar-refractivity contribution in [2.24, 2.45) is 0 Å². The molecule has 3 rings (SSSR count). The van der Waals surface area contributed by atoms with E-state index in [2.05, 4.69) is 46.2 Å². The summed E-state index contributed by atoms with van der Waals surface area (Å²) in [5.74, 6) is -0.228. The van der Waals surface area contributed by atoms with Crippen LogP contribution in [0.2, 0.25) is 0 Å². The molecule has 2 aromatic heterocycles. The quantitative estimate of drug-likeness (QED) is 0.550. The van der Waals surface area contributed by atoms with Crippen LogP contribution in [0.4, 0.5) is 0 Å². The van der Waals surface area contributed by atoms with Crippen molar-refractivity contribution >= 4 is 16.7 Å². The lowest BCUT2D eigenvalue weighted by molar-refractivity contribution is -0.121. The Morgan fingerprint density at radius 2 is 1.87 bits per heavy atom. The second-order valence-electron chi connectivity index (χ2n) is 7.54. The van der Waals surface area contributed by atoms with Crippen molar-refractivity contribution in [1.29, 1.82) is 0 Å². The molecule has 0 radical (unpaired) electrons. The van der Waals surface area contributed by atoms with E-state index in [1.165, 1.54) is 15.8 Å². The van der Waals surface area contributed by atoms with Gasteiger partial charge in [-0.3, -0.25) is 9.59 Å². The molecule has 7 nitrogen and oxygen atoms in total. The molecule has 0 unspecified atom stereocenters. The minimum Gasteiger partial charge on any atom is -0.382 e. The molecule has 0 aliphatic heterocycles. The summed E-state index contributed by atoms with van der Waals surface area (Å²) in [7, 11) is 0. The summed E-state index contributed by atoms with van der Waals surface area (Å²) >= 11 is 0. The van der Waals surface area contributed by atoms with E-state index in [9.17, 15) is 9.59 Å². The maximum absolute atomic E-state index is 13.0. The predicted octanol–water partition coefficient (Wildman–Crippen LogP) is 2.71. The Balaban J connectivity index is 1.80. The third-order valence-electron chi connectivity index (χ3n) is 5.35. The average molecular weight is 411 g/mol. The molecule has 0 atom stereocenters. The molecule has 160 valence electrons. The number of ether oxygens (including phenoxy) is 1. The van der Waals surface area contributed by atoms with Crippen LogP contribution in [0.15, 0.2) is 35.3 Å². The average Bonchev–Trinajstić information content (AvgIpc) is 2.96. The van der Waals surface area contributed by atoms with Crippen LogP contribution in [-0.4, -0.2) is 40.0 Å². The van der Waals surface area contributed by atoms with E-state index >= 15 is 0 Å². The first-order valence-electron chi connectivity index (χ1n) is 10.4. The molecule has 0 aliphatic carbocycles. The molecule has 1 N–H and O–H groups in total. The number of rotatable bonds is 9. The van der Waals surface area contributed by atoms with Gasteiger partial charge in [-0.15, -0.1) is 0 Å². The van der Waals surface area contributed by atoms with Crippen molar-refractivity contribution in [3.05, 3.63) is 63.3 Å². The number of aromatic nitrogens is 3. The summed E-state index contributed by atoms with van der Waals surface area (Å²) in [6, 6.07) is 8.38. The molecule has 2 heterocycles. The number of nitrogens with one attached hydrogen (secondary N) is 1. The summed E-state index contributed by atoms with van der Waals surface area (Å²) < 4.78 is 8.63. The molecule has 30 heavy (non-hydrogen) atoms. The molecule has 0 saturated heterocycles. The van der Waals surface area contributed by atoms with E-state index < -0.39 is 0 Å². The normalized spacial score (nSPS) is 11.2. The van der Waals surface area contributed by atoms with E-state index in [0.29, 0.717) is 31.7 Å². The van der Waals surface area contributed by atoms with Crippen LogP contribution in [0.25, 0.3) is 10.8 Å². The second kappa shape index (κ2) is 9.71. The standard InChI is InChI=1S/C23H30N4O3/c1-5-30-12-6-11-24-21(28)15-27-23(29)22-18(4)26(17(3)20(22)13-25-27)14-19-9-7-16(2)8-10-19/h7-10,13H,5-6,11-12,14-15H2,1-4H3,(H,24,28). The topological polar surface area (TPSA) is 78.2 Å². The highest BCUT2D eigenvalue weighted by atomic mass is 16.5. The first kappa shape index (κ1) is 21.8. The molecular weight excluding hydrogens is 380 g/mol. The Hall–Kier alpha value is -2.93. The SMILES string of the molecule is CCOCCCNC(=O)Cn1ncc2c(C)n(Cc3ccc(C)cc3)c(C)c2c1=O. The summed E-state index contributed by atoms with van der Waals surface area (Å²) in [6.45, 7) is 10.3. The number of aryl methyl sites for hydroxylation is 3. The Morgan fingerprint density at radius 1 is 1.13 bits per heavy atom. The van der Waals surface area contributed by atoms with E-state index in [1.807, 2.05) is 20.8 Å². The van der Waals surface area contributed by atoms with Gasteiger partial charge >= 0.3 is 0 Å². The number of hydrogen-bond donors (Lipinski definition) is 1. The third kappa shape index (κ3) is 4.79. The van der Waals surface area contributed by atoms with E-state index in [-0.39, 0.29) is 18.0 Å². The zero-order valence-electron chi connectivity index (χ0n) is 18.2. The molecule has 0 fully saturated rings. The van der Waals surface area contributed by atoms with Crippen LogP contribution in [0.5, 0.6) is 0 Å². The van der Waals surface area contributed by atoms with Gasteiger partial charge in [-0.1, -0.05) is 29.8 Å². The van der Waals surface area contributed by atoms with Crippen molar-refractivity contribution in [1.82, 2.24) is 19.7 Å². The Morgan fingerprint density at radius 3 is 2.57 bits per heavy atom. The molecular formula is C23H30N4O3. The van der Waals surface area contributed by atoms with Crippen LogP contribution < -0.4 is 10.9 Å². The Kier molecular flexibility index (Phi) is 7.05. The van der Waals surface area contributed by atoms with E-state index in [1.54, 1.807) is 6.20 Å². The highest BCUT2D eigenvalue weighted by molar-refractivity contribution is 5.87. The fraction of sp³-hybridized carbons (Fsp3) is 0.435. The van der Waals surface area contributed by atoms with E-state index in [4.69, 9.17) is 4.74 Å². The molecule has 7 heteroatoms. The smallest absolute Gasteiger partial charge is 0.276 e. The van der Waals surface area contributed by atoms with Crippen LogP contribution in [0.3, 0.4) is 0 Å². The van der Waals surface area contributed by atoms with Crippen molar-refractivity contribution in [3.8, 4) is 0 Å². The number of benzene rings is 1. The maximum atomic E-state index is 13.0. The lowest BCUT2D eigenvalue weighted by Crippen LogP contribution is -2.34. The van der Waals surface area contributed by atoms with Gasteiger partial charge in [0.15, 0.2) is 0 Å². The first-order valence-corrected chi connectivity index (χ1v) is 10.4. The number of carbonyl (C=O) groups is 1. The molecule has 0 bridgehead atoms. The molecule has 0 aliphatic rings. The van der Waals surface area contributed by atoms with E-state index in [0.717, 1.165) is 23.2 Å². The summed E-state index contributed by atoms with van der Waals surface area (Å²) in [5.41, 5.74) is 4.04. The summed E-state index contributed by atoms with van der Waals surface area (Å²) in [4.78, 5) is 25.3. The monoisotopic (exact) mass is 410 g/mol. The fourth-order valence-corrected chi connectivity index (χ4v) is 3.61. The Bertz CT molecular complexity index is 1080. The minimum atomic E-state index is -0.236. The molecule has 0 saturated carbocycles. The number of nitrogens with zero attached hydrogens (tertiary/aromatic N) is 3. The minimum absolute atomic E-state index is 0.0922. The lowest BCUT2D eigenvalue weighted by atomic mass is 10.1. The van der Waals surface area contributed by atoms with Crippen LogP contribution in [0.1, 0.15) is 35.9 Å². The zero-order valence-corrected chi connectivity index (χ0v) is 18.2. The van der Waals surface area contributed by atoms with Crippen molar-refractivity contribution in [2.45, 2.75) is 47.2 Å². The number of amides is 1. The summed E-state index contributed by atoms with van der Waals surface area (Å²) in [5, 5.41) is 8.51. The van der Waals surface area contributed by atoms with Crippen molar-refractivity contribution in [2.75, 3.05) is 19.8 Å². The van der Waals surface area contributed by atoms with Gasteiger partial charge < -0.3 is 14.6 Å². The molecule has 1 aromatic carbocycles. The maximum Gasteiger partial charge on any atom is 0.276 e. The first-order chi connectivity index (χ1) is 14.4. The highest BCUT2D eigenvalue weighted by Gasteiger charge is 2.17. The molecule has 3 aromatic rings. The summed E-state index contributed by atoms with van der Waals surface area (Å²) in [6.07, 6.45) is 2.42. The predicted molar refractivity (Wildman–Crippen MR) is 118 cm³/mol. The van der Waals surface area contributed by atoms with Gasteiger partial charge in [0.25, 0.3) is 5.56 Å². The van der Waals surface area contributed by atoms with Gasteiger partial charge in [-0.05, 0) is 39.7 Å². The van der Waals surface area contributed by atoms with Crippen LogP contribution >= 0.6 is 0 Å². The largest absolute Gasteiger partial charge is 0.382 e.